The normalized spacial score (nSPS) is 10.4. The number of hydrogen-bond acceptors (Lipinski definition) is 8. The van der Waals surface area contributed by atoms with Crippen LogP contribution in [0, 0.1) is 0 Å². The van der Waals surface area contributed by atoms with Gasteiger partial charge >= 0.3 is 0 Å². The number of ether oxygens (including phenoxy) is 3. The topological polar surface area (TPSA) is 109 Å². The van der Waals surface area contributed by atoms with Crippen molar-refractivity contribution in [3.63, 3.8) is 0 Å². The van der Waals surface area contributed by atoms with Crippen molar-refractivity contribution in [3.05, 3.63) is 34.5 Å². The number of anilines is 2. The first kappa shape index (κ1) is 17.6. The SMILES string of the molecule is COc1cc(NC(=O)c2c(-c3ccsc3)noc2N)cc(OC)c1OC. The number of rotatable bonds is 6. The van der Waals surface area contributed by atoms with Crippen LogP contribution < -0.4 is 25.3 Å². The fraction of sp³-hybridized carbons (Fsp3) is 0.176. The van der Waals surface area contributed by atoms with Crippen molar-refractivity contribution in [2.24, 2.45) is 0 Å². The first-order valence-corrected chi connectivity index (χ1v) is 8.42. The van der Waals surface area contributed by atoms with Crippen LogP contribution in [-0.4, -0.2) is 32.4 Å². The third-order valence-electron chi connectivity index (χ3n) is 3.66. The third kappa shape index (κ3) is 3.16. The molecule has 9 heteroatoms. The summed E-state index contributed by atoms with van der Waals surface area (Å²) in [7, 11) is 4.49. The quantitative estimate of drug-likeness (QED) is 0.680. The number of methoxy groups -OCH3 is 3. The minimum absolute atomic E-state index is 0.0591. The molecule has 0 aliphatic heterocycles. The molecular weight excluding hydrogens is 358 g/mol. The number of nitrogens with two attached hydrogens (primary N) is 1. The Morgan fingerprint density at radius 3 is 2.42 bits per heavy atom. The second-order valence-electron chi connectivity index (χ2n) is 5.15. The van der Waals surface area contributed by atoms with Crippen LogP contribution in [0.1, 0.15) is 10.4 Å². The maximum atomic E-state index is 12.8. The van der Waals surface area contributed by atoms with Gasteiger partial charge < -0.3 is 29.8 Å². The Kier molecular flexibility index (Phi) is 4.99. The molecule has 1 amide bonds. The summed E-state index contributed by atoms with van der Waals surface area (Å²) in [5, 5.41) is 10.4. The lowest BCUT2D eigenvalue weighted by atomic mass is 10.1. The van der Waals surface area contributed by atoms with Crippen molar-refractivity contribution in [2.45, 2.75) is 0 Å². The van der Waals surface area contributed by atoms with Crippen molar-refractivity contribution < 1.29 is 23.5 Å². The van der Waals surface area contributed by atoms with Crippen LogP contribution in [0.25, 0.3) is 11.3 Å². The monoisotopic (exact) mass is 375 g/mol. The van der Waals surface area contributed by atoms with E-state index in [-0.39, 0.29) is 11.4 Å². The predicted octanol–water partition coefficient (Wildman–Crippen LogP) is 3.26. The van der Waals surface area contributed by atoms with Crippen molar-refractivity contribution in [1.82, 2.24) is 5.16 Å². The fourth-order valence-corrected chi connectivity index (χ4v) is 3.11. The van der Waals surface area contributed by atoms with Gasteiger partial charge in [0, 0.05) is 28.8 Å². The fourth-order valence-electron chi connectivity index (χ4n) is 2.47. The second-order valence-corrected chi connectivity index (χ2v) is 5.93. The summed E-state index contributed by atoms with van der Waals surface area (Å²) in [5.41, 5.74) is 7.55. The van der Waals surface area contributed by atoms with Crippen LogP contribution in [0.3, 0.4) is 0 Å². The van der Waals surface area contributed by atoms with Crippen molar-refractivity contribution >= 4 is 28.8 Å². The molecule has 0 saturated heterocycles. The lowest BCUT2D eigenvalue weighted by molar-refractivity contribution is 0.102. The van der Waals surface area contributed by atoms with Crippen molar-refractivity contribution in [1.29, 1.82) is 0 Å². The molecule has 26 heavy (non-hydrogen) atoms. The second kappa shape index (κ2) is 7.36. The zero-order valence-corrected chi connectivity index (χ0v) is 15.2. The summed E-state index contributed by atoms with van der Waals surface area (Å²) in [6, 6.07) is 5.07. The minimum Gasteiger partial charge on any atom is -0.493 e. The molecule has 0 aliphatic rings. The summed E-state index contributed by atoms with van der Waals surface area (Å²) >= 11 is 1.48. The molecule has 0 unspecified atom stereocenters. The van der Waals surface area contributed by atoms with E-state index in [1.165, 1.54) is 32.7 Å². The van der Waals surface area contributed by atoms with Crippen LogP contribution in [0.2, 0.25) is 0 Å². The molecule has 3 N–H and O–H groups in total. The number of hydrogen-bond donors (Lipinski definition) is 2. The number of nitrogens with one attached hydrogen (secondary N) is 1. The third-order valence-corrected chi connectivity index (χ3v) is 4.35. The number of nitrogens with zero attached hydrogens (tertiary/aromatic N) is 1. The van der Waals surface area contributed by atoms with Gasteiger partial charge in [0.15, 0.2) is 11.5 Å². The smallest absolute Gasteiger partial charge is 0.263 e. The van der Waals surface area contributed by atoms with Crippen LogP contribution in [0.4, 0.5) is 11.6 Å². The van der Waals surface area contributed by atoms with Gasteiger partial charge in [-0.1, -0.05) is 5.16 Å². The molecule has 0 aliphatic carbocycles. The molecule has 2 heterocycles. The maximum absolute atomic E-state index is 12.8. The van der Waals surface area contributed by atoms with E-state index in [1.807, 2.05) is 16.8 Å². The van der Waals surface area contributed by atoms with Crippen LogP contribution in [0.15, 0.2) is 33.5 Å². The molecule has 0 fully saturated rings. The Labute approximate surface area is 153 Å². The van der Waals surface area contributed by atoms with E-state index < -0.39 is 5.91 Å². The summed E-state index contributed by atoms with van der Waals surface area (Å²) in [6.07, 6.45) is 0. The Hall–Kier alpha value is -3.20. The van der Waals surface area contributed by atoms with E-state index in [0.717, 1.165) is 5.56 Å². The lowest BCUT2D eigenvalue weighted by Gasteiger charge is -2.14. The number of aromatic nitrogens is 1. The highest BCUT2D eigenvalue weighted by Crippen LogP contribution is 2.40. The van der Waals surface area contributed by atoms with Gasteiger partial charge in [-0.25, -0.2) is 0 Å². The zero-order valence-electron chi connectivity index (χ0n) is 14.4. The molecule has 136 valence electrons. The van der Waals surface area contributed by atoms with Gasteiger partial charge in [-0.05, 0) is 11.4 Å². The average Bonchev–Trinajstić information content (AvgIpc) is 3.29. The highest BCUT2D eigenvalue weighted by Gasteiger charge is 2.24. The van der Waals surface area contributed by atoms with Crippen LogP contribution in [-0.2, 0) is 0 Å². The first-order valence-electron chi connectivity index (χ1n) is 7.48. The minimum atomic E-state index is -0.459. The molecule has 3 aromatic rings. The van der Waals surface area contributed by atoms with Gasteiger partial charge in [-0.15, -0.1) is 0 Å². The van der Waals surface area contributed by atoms with E-state index in [1.54, 1.807) is 12.1 Å². The van der Waals surface area contributed by atoms with Gasteiger partial charge in [0.1, 0.15) is 11.3 Å². The highest BCUT2D eigenvalue weighted by molar-refractivity contribution is 7.08. The number of nitrogen functional groups attached to an aromatic ring is 1. The molecule has 2 aromatic heterocycles. The number of amides is 1. The van der Waals surface area contributed by atoms with E-state index >= 15 is 0 Å². The van der Waals surface area contributed by atoms with Gasteiger partial charge in [-0.3, -0.25) is 4.79 Å². The van der Waals surface area contributed by atoms with Crippen LogP contribution in [0.5, 0.6) is 17.2 Å². The van der Waals surface area contributed by atoms with Gasteiger partial charge in [0.2, 0.25) is 11.6 Å². The Morgan fingerprint density at radius 2 is 1.88 bits per heavy atom. The molecule has 1 aromatic carbocycles. The molecule has 0 saturated carbocycles. The average molecular weight is 375 g/mol. The summed E-state index contributed by atoms with van der Waals surface area (Å²) < 4.78 is 20.9. The van der Waals surface area contributed by atoms with Gasteiger partial charge in [0.05, 0.1) is 21.3 Å². The summed E-state index contributed by atoms with van der Waals surface area (Å²) in [4.78, 5) is 12.8. The standard InChI is InChI=1S/C17H17N3O5S/c1-22-11-6-10(7-12(23-2)15(11)24-3)19-17(21)13-14(20-25-16(13)18)9-4-5-26-8-9/h4-8H,18H2,1-3H3,(H,19,21). The lowest BCUT2D eigenvalue weighted by Crippen LogP contribution is -2.14. The first-order chi connectivity index (χ1) is 12.6. The Balaban J connectivity index is 1.96. The molecule has 0 atom stereocenters. The summed E-state index contributed by atoms with van der Waals surface area (Å²) in [5.74, 6) is 0.740. The molecule has 8 nitrogen and oxygen atoms in total. The highest BCUT2D eigenvalue weighted by atomic mass is 32.1. The predicted molar refractivity (Wildman–Crippen MR) is 98.3 cm³/mol. The van der Waals surface area contributed by atoms with E-state index in [2.05, 4.69) is 10.5 Å². The zero-order chi connectivity index (χ0) is 18.7. The maximum Gasteiger partial charge on any atom is 0.263 e. The van der Waals surface area contributed by atoms with Crippen molar-refractivity contribution in [3.8, 4) is 28.5 Å². The van der Waals surface area contributed by atoms with Crippen LogP contribution >= 0.6 is 11.3 Å². The van der Waals surface area contributed by atoms with E-state index in [9.17, 15) is 4.79 Å². The molecule has 0 radical (unpaired) electrons. The van der Waals surface area contributed by atoms with E-state index in [0.29, 0.717) is 28.6 Å². The summed E-state index contributed by atoms with van der Waals surface area (Å²) in [6.45, 7) is 0. The Bertz CT molecular complexity index is 896. The number of carbonyl (C=O) groups is 1. The molecule has 3 rings (SSSR count). The van der Waals surface area contributed by atoms with Gasteiger partial charge in [0.25, 0.3) is 5.91 Å². The largest absolute Gasteiger partial charge is 0.493 e. The van der Waals surface area contributed by atoms with Crippen molar-refractivity contribution in [2.75, 3.05) is 32.4 Å². The number of thiophene rings is 1. The molecule has 0 bridgehead atoms. The Morgan fingerprint density at radius 1 is 1.19 bits per heavy atom. The number of benzene rings is 1. The molecule has 0 spiro atoms. The number of carbonyl (C=O) groups excluding carboxylic acids is 1. The van der Waals surface area contributed by atoms with Gasteiger partial charge in [-0.2, -0.15) is 11.3 Å². The molecular formula is C17H17N3O5S. The van der Waals surface area contributed by atoms with E-state index in [4.69, 9.17) is 24.5 Å².